The molecular weight excluding hydrogens is 220 g/mol. The summed E-state index contributed by atoms with van der Waals surface area (Å²) in [6.07, 6.45) is 0.535. The molecule has 16 heavy (non-hydrogen) atoms. The van der Waals surface area contributed by atoms with E-state index < -0.39 is 0 Å². The van der Waals surface area contributed by atoms with Crippen molar-refractivity contribution in [3.63, 3.8) is 0 Å². The first-order chi connectivity index (χ1) is 7.79. The van der Waals surface area contributed by atoms with Gasteiger partial charge in [0.15, 0.2) is 5.13 Å². The Bertz CT molecular complexity index is 527. The Labute approximate surface area is 97.3 Å². The molecule has 3 nitrogen and oxygen atoms in total. The molecule has 0 saturated carbocycles. The normalized spacial score (nSPS) is 9.75. The van der Waals surface area contributed by atoms with Crippen molar-refractivity contribution in [1.29, 1.82) is 0 Å². The van der Waals surface area contributed by atoms with Gasteiger partial charge in [-0.15, -0.1) is 11.3 Å². The lowest BCUT2D eigenvalue weighted by Crippen LogP contribution is -1.93. The van der Waals surface area contributed by atoms with Crippen molar-refractivity contribution < 1.29 is 4.79 Å². The minimum atomic E-state index is 0.468. The number of aromatic nitrogens is 1. The van der Waals surface area contributed by atoms with E-state index in [0.717, 1.165) is 5.56 Å². The number of thiazole rings is 1. The first kappa shape index (κ1) is 10.6. The number of anilines is 1. The first-order valence-electron chi connectivity index (χ1n) is 4.79. The molecule has 0 bridgehead atoms. The highest BCUT2D eigenvalue weighted by atomic mass is 32.1. The van der Waals surface area contributed by atoms with Crippen LogP contribution in [0.3, 0.4) is 0 Å². The van der Waals surface area contributed by atoms with Gasteiger partial charge in [-0.3, -0.25) is 0 Å². The van der Waals surface area contributed by atoms with Gasteiger partial charge in [0.2, 0.25) is 0 Å². The molecule has 1 heterocycles. The minimum Gasteiger partial charge on any atom is -0.375 e. The van der Waals surface area contributed by atoms with Gasteiger partial charge in [-0.1, -0.05) is 30.3 Å². The molecule has 2 N–H and O–H groups in total. The van der Waals surface area contributed by atoms with Gasteiger partial charge in [-0.25, -0.2) is 9.78 Å². The Balaban J connectivity index is 2.23. The third kappa shape index (κ3) is 2.37. The quantitative estimate of drug-likeness (QED) is 0.822. The Morgan fingerprint density at radius 3 is 2.69 bits per heavy atom. The van der Waals surface area contributed by atoms with Crippen molar-refractivity contribution in [3.8, 4) is 0 Å². The van der Waals surface area contributed by atoms with Crippen LogP contribution >= 0.6 is 11.3 Å². The van der Waals surface area contributed by atoms with Crippen molar-refractivity contribution >= 4 is 28.0 Å². The van der Waals surface area contributed by atoms with E-state index in [1.165, 1.54) is 11.3 Å². The Morgan fingerprint density at radius 2 is 2.12 bits per heavy atom. The molecule has 2 aromatic rings. The second-order valence-electron chi connectivity index (χ2n) is 3.31. The number of hydrogen-bond donors (Lipinski definition) is 1. The molecule has 0 amide bonds. The molecule has 0 spiro atoms. The van der Waals surface area contributed by atoms with E-state index in [0.29, 0.717) is 22.8 Å². The maximum absolute atomic E-state index is 10.9. The van der Waals surface area contributed by atoms with Crippen molar-refractivity contribution in [2.45, 2.75) is 6.42 Å². The van der Waals surface area contributed by atoms with E-state index in [2.05, 4.69) is 4.98 Å². The second-order valence-corrected chi connectivity index (χ2v) is 4.20. The largest absolute Gasteiger partial charge is 0.375 e. The van der Waals surface area contributed by atoms with Crippen LogP contribution in [-0.2, 0) is 11.2 Å². The number of rotatable bonds is 3. The third-order valence-corrected chi connectivity index (χ3v) is 2.85. The number of allylic oxidation sites excluding steroid dienone is 1. The molecule has 0 atom stereocenters. The fraction of sp³-hybridized carbons (Fsp3) is 0.0833. The Morgan fingerprint density at radius 1 is 1.38 bits per heavy atom. The van der Waals surface area contributed by atoms with Gasteiger partial charge in [-0.2, -0.15) is 0 Å². The third-order valence-electron chi connectivity index (χ3n) is 2.18. The highest BCUT2D eigenvalue weighted by Gasteiger charge is 2.07. The molecule has 0 aliphatic rings. The van der Waals surface area contributed by atoms with Gasteiger partial charge in [0, 0.05) is 11.8 Å². The first-order valence-corrected chi connectivity index (χ1v) is 5.67. The molecule has 0 radical (unpaired) electrons. The predicted octanol–water partition coefficient (Wildman–Crippen LogP) is 2.18. The van der Waals surface area contributed by atoms with E-state index in [1.807, 2.05) is 36.3 Å². The predicted molar refractivity (Wildman–Crippen MR) is 65.8 cm³/mol. The molecule has 0 unspecified atom stereocenters. The van der Waals surface area contributed by atoms with E-state index in [-0.39, 0.29) is 0 Å². The summed E-state index contributed by atoms with van der Waals surface area (Å²) in [5.74, 6) is 1.94. The van der Waals surface area contributed by atoms with E-state index in [4.69, 9.17) is 5.73 Å². The van der Waals surface area contributed by atoms with E-state index in [1.54, 1.807) is 5.38 Å². The zero-order valence-electron chi connectivity index (χ0n) is 8.51. The van der Waals surface area contributed by atoms with Crippen molar-refractivity contribution in [2.75, 3.05) is 5.73 Å². The lowest BCUT2D eigenvalue weighted by molar-refractivity contribution is 0.569. The second kappa shape index (κ2) is 4.75. The highest BCUT2D eigenvalue weighted by molar-refractivity contribution is 7.13. The summed E-state index contributed by atoms with van der Waals surface area (Å²) >= 11 is 1.33. The zero-order chi connectivity index (χ0) is 11.4. The van der Waals surface area contributed by atoms with E-state index >= 15 is 0 Å². The van der Waals surface area contributed by atoms with Crippen LogP contribution in [0.4, 0.5) is 5.13 Å². The maximum atomic E-state index is 10.9. The number of nitrogens with two attached hydrogens (primary N) is 1. The monoisotopic (exact) mass is 230 g/mol. The molecule has 1 aromatic carbocycles. The Hall–Kier alpha value is -1.90. The summed E-state index contributed by atoms with van der Waals surface area (Å²) in [5, 5.41) is 2.24. The number of carbonyl (C=O) groups excluding carboxylic acids is 1. The molecule has 4 heteroatoms. The molecule has 0 aliphatic carbocycles. The molecule has 0 aliphatic heterocycles. The summed E-state index contributed by atoms with van der Waals surface area (Å²) in [6, 6.07) is 9.75. The van der Waals surface area contributed by atoms with Crippen LogP contribution in [0.5, 0.6) is 0 Å². The summed E-state index contributed by atoms with van der Waals surface area (Å²) in [6.45, 7) is 0. The number of nitrogen functional groups attached to an aromatic ring is 1. The summed E-state index contributed by atoms with van der Waals surface area (Å²) in [7, 11) is 0. The topological polar surface area (TPSA) is 56.0 Å². The van der Waals surface area contributed by atoms with Crippen LogP contribution in [0.25, 0.3) is 5.57 Å². The molecule has 0 saturated heterocycles. The maximum Gasteiger partial charge on any atom is 0.180 e. The molecule has 1 aromatic heterocycles. The number of nitrogens with zero attached hydrogens (tertiary/aromatic N) is 1. The average Bonchev–Trinajstić information content (AvgIpc) is 2.74. The number of benzene rings is 1. The lowest BCUT2D eigenvalue weighted by atomic mass is 10.0. The van der Waals surface area contributed by atoms with Gasteiger partial charge in [0.25, 0.3) is 0 Å². The van der Waals surface area contributed by atoms with Gasteiger partial charge in [0.05, 0.1) is 11.3 Å². The lowest BCUT2D eigenvalue weighted by Gasteiger charge is -1.99. The van der Waals surface area contributed by atoms with Crippen LogP contribution in [0.2, 0.25) is 0 Å². The highest BCUT2D eigenvalue weighted by Crippen LogP contribution is 2.20. The summed E-state index contributed by atoms with van der Waals surface area (Å²) < 4.78 is 0. The van der Waals surface area contributed by atoms with E-state index in [9.17, 15) is 4.79 Å². The van der Waals surface area contributed by atoms with Crippen LogP contribution in [-0.4, -0.2) is 10.9 Å². The van der Waals surface area contributed by atoms with Crippen molar-refractivity contribution in [3.05, 3.63) is 47.0 Å². The Kier molecular flexibility index (Phi) is 3.15. The smallest absolute Gasteiger partial charge is 0.180 e. The SMILES string of the molecule is Nc1nc(C(=C=O)Cc2ccccc2)cs1. The fourth-order valence-corrected chi connectivity index (χ4v) is 1.98. The minimum absolute atomic E-state index is 0.468. The fourth-order valence-electron chi connectivity index (χ4n) is 1.41. The molecule has 0 fully saturated rings. The summed E-state index contributed by atoms with van der Waals surface area (Å²) in [5.41, 5.74) is 7.76. The molecule has 80 valence electrons. The van der Waals surface area contributed by atoms with Gasteiger partial charge in [0.1, 0.15) is 5.94 Å². The standard InChI is InChI=1S/C12H10N2OS/c13-12-14-11(8-16-12)10(7-15)6-9-4-2-1-3-5-9/h1-5,8H,6H2,(H2,13,14). The van der Waals surface area contributed by atoms with Crippen molar-refractivity contribution in [2.24, 2.45) is 0 Å². The van der Waals surface area contributed by atoms with Crippen LogP contribution in [0.15, 0.2) is 35.7 Å². The number of hydrogen-bond acceptors (Lipinski definition) is 4. The van der Waals surface area contributed by atoms with Crippen LogP contribution < -0.4 is 5.73 Å². The molecule has 2 rings (SSSR count). The summed E-state index contributed by atoms with van der Waals surface area (Å²) in [4.78, 5) is 15.0. The van der Waals surface area contributed by atoms with Gasteiger partial charge >= 0.3 is 0 Å². The average molecular weight is 230 g/mol. The van der Waals surface area contributed by atoms with Crippen molar-refractivity contribution in [1.82, 2.24) is 4.98 Å². The van der Waals surface area contributed by atoms with Gasteiger partial charge in [-0.05, 0) is 5.56 Å². The molecular formula is C12H10N2OS. The van der Waals surface area contributed by atoms with Crippen LogP contribution in [0.1, 0.15) is 11.3 Å². The van der Waals surface area contributed by atoms with Gasteiger partial charge < -0.3 is 5.73 Å². The van der Waals surface area contributed by atoms with Crippen LogP contribution in [0, 0.1) is 0 Å². The zero-order valence-corrected chi connectivity index (χ0v) is 9.33.